The topological polar surface area (TPSA) is 123 Å². The number of nitro benzene ring substituents is 1. The van der Waals surface area contributed by atoms with Crippen molar-refractivity contribution in [3.8, 4) is 11.5 Å². The lowest BCUT2D eigenvalue weighted by molar-refractivity contribution is -0.384. The van der Waals surface area contributed by atoms with E-state index in [9.17, 15) is 19.7 Å². The molecule has 0 radical (unpaired) electrons. The van der Waals surface area contributed by atoms with Gasteiger partial charge >= 0.3 is 0 Å². The van der Waals surface area contributed by atoms with Gasteiger partial charge in [-0.3, -0.25) is 24.6 Å². The van der Waals surface area contributed by atoms with Crippen LogP contribution in [0.3, 0.4) is 0 Å². The highest BCUT2D eigenvalue weighted by Gasteiger charge is 2.44. The number of morpholine rings is 1. The fourth-order valence-electron chi connectivity index (χ4n) is 5.61. The summed E-state index contributed by atoms with van der Waals surface area (Å²) in [5.74, 6) is -0.411. The van der Waals surface area contributed by atoms with Crippen molar-refractivity contribution in [1.82, 2.24) is 9.80 Å². The number of amides is 2. The molecule has 0 bridgehead atoms. The van der Waals surface area contributed by atoms with Gasteiger partial charge in [0, 0.05) is 43.9 Å². The molecule has 11 nitrogen and oxygen atoms in total. The number of hydrogen-bond donors (Lipinski definition) is 1. The maximum Gasteiger partial charge on any atom is 0.271 e. The van der Waals surface area contributed by atoms with E-state index < -0.39 is 22.8 Å². The number of carbonyl (C=O) groups is 2. The number of carbonyl (C=O) groups excluding carboxylic acids is 2. The largest absolute Gasteiger partial charge is 0.495 e. The first kappa shape index (κ1) is 29.0. The van der Waals surface area contributed by atoms with Gasteiger partial charge in [-0.2, -0.15) is 0 Å². The average Bonchev–Trinajstić information content (AvgIpc) is 3.01. The molecule has 0 unspecified atom stereocenters. The molecule has 220 valence electrons. The highest BCUT2D eigenvalue weighted by Crippen LogP contribution is 2.44. The smallest absolute Gasteiger partial charge is 0.271 e. The first-order valence-corrected chi connectivity index (χ1v) is 14.0. The van der Waals surface area contributed by atoms with Gasteiger partial charge in [0.2, 0.25) is 5.91 Å². The second-order valence-corrected chi connectivity index (χ2v) is 10.1. The van der Waals surface area contributed by atoms with Crippen LogP contribution >= 0.6 is 0 Å². The number of anilines is 1. The number of nitrogens with zero attached hydrogens (tertiary/aromatic N) is 3. The van der Waals surface area contributed by atoms with E-state index in [4.69, 9.17) is 14.2 Å². The molecular weight excluding hydrogens is 540 g/mol. The second-order valence-electron chi connectivity index (χ2n) is 10.1. The highest BCUT2D eigenvalue weighted by atomic mass is 16.6. The van der Waals surface area contributed by atoms with Crippen molar-refractivity contribution in [1.29, 1.82) is 0 Å². The molecule has 2 heterocycles. The first-order valence-electron chi connectivity index (χ1n) is 14.0. The summed E-state index contributed by atoms with van der Waals surface area (Å²) >= 11 is 0. The number of non-ortho nitro benzene ring substituents is 1. The molecule has 2 aliphatic rings. The van der Waals surface area contributed by atoms with Crippen LogP contribution in [-0.4, -0.2) is 79.6 Å². The SMILES string of the molecule is CCOc1ccc([C@H]2[C@@H](C(=O)Nc3cc([N+](=O)[O-])ccc3OC)c3ccccc3C(=O)N2CCN2CCOCC2)cc1. The number of ether oxygens (including phenoxy) is 3. The Balaban J connectivity index is 1.57. The molecule has 0 saturated carbocycles. The Morgan fingerprint density at radius 3 is 2.50 bits per heavy atom. The van der Waals surface area contributed by atoms with Gasteiger partial charge in [-0.05, 0) is 42.3 Å². The Hall–Kier alpha value is -4.48. The molecular formula is C31H34N4O7. The van der Waals surface area contributed by atoms with E-state index in [1.165, 1.54) is 25.3 Å². The van der Waals surface area contributed by atoms with Crippen molar-refractivity contribution in [3.63, 3.8) is 0 Å². The quantitative estimate of drug-likeness (QED) is 0.282. The molecule has 3 aromatic rings. The van der Waals surface area contributed by atoms with Crippen molar-refractivity contribution < 1.29 is 28.7 Å². The number of rotatable bonds is 10. The predicted octanol–water partition coefficient (Wildman–Crippen LogP) is 4.25. The maximum absolute atomic E-state index is 14.3. The fraction of sp³-hybridized carbons (Fsp3) is 0.355. The summed E-state index contributed by atoms with van der Waals surface area (Å²) in [6.07, 6.45) is 0. The summed E-state index contributed by atoms with van der Waals surface area (Å²) < 4.78 is 16.5. The molecule has 5 rings (SSSR count). The molecule has 0 spiro atoms. The molecule has 0 aromatic heterocycles. The van der Waals surface area contributed by atoms with Crippen LogP contribution in [0.1, 0.15) is 40.4 Å². The first-order chi connectivity index (χ1) is 20.4. The lowest BCUT2D eigenvalue weighted by Crippen LogP contribution is -2.49. The van der Waals surface area contributed by atoms with E-state index in [-0.39, 0.29) is 23.0 Å². The standard InChI is InChI=1S/C31H34N4O7/c1-3-42-23-11-8-21(9-12-23)29-28(30(36)32-26-20-22(35(38)39)10-13-27(26)40-2)24-6-4-5-7-25(24)31(37)34(29)15-14-33-16-18-41-19-17-33/h4-13,20,28-29H,3,14-19H2,1-2H3,(H,32,36)/t28-,29-/m0/s1. The molecule has 42 heavy (non-hydrogen) atoms. The van der Waals surface area contributed by atoms with Crippen LogP contribution in [0.2, 0.25) is 0 Å². The number of benzene rings is 3. The van der Waals surface area contributed by atoms with Gasteiger partial charge in [0.25, 0.3) is 11.6 Å². The monoisotopic (exact) mass is 574 g/mol. The molecule has 11 heteroatoms. The van der Waals surface area contributed by atoms with Crippen LogP contribution < -0.4 is 14.8 Å². The number of nitrogens with one attached hydrogen (secondary N) is 1. The third-order valence-corrected chi connectivity index (χ3v) is 7.67. The zero-order chi connectivity index (χ0) is 29.6. The molecule has 1 N–H and O–H groups in total. The number of nitro groups is 1. The predicted molar refractivity (Wildman–Crippen MR) is 156 cm³/mol. The van der Waals surface area contributed by atoms with Crippen molar-refractivity contribution in [2.45, 2.75) is 18.9 Å². The molecule has 0 aliphatic carbocycles. The van der Waals surface area contributed by atoms with Crippen LogP contribution in [0.15, 0.2) is 66.7 Å². The van der Waals surface area contributed by atoms with Crippen molar-refractivity contribution in [2.75, 3.05) is 58.4 Å². The minimum Gasteiger partial charge on any atom is -0.495 e. The van der Waals surface area contributed by atoms with Crippen LogP contribution in [0.4, 0.5) is 11.4 Å². The van der Waals surface area contributed by atoms with Crippen LogP contribution in [-0.2, 0) is 9.53 Å². The Labute approximate surface area is 244 Å². The van der Waals surface area contributed by atoms with Crippen LogP contribution in [0.5, 0.6) is 11.5 Å². The zero-order valence-corrected chi connectivity index (χ0v) is 23.7. The number of hydrogen-bond acceptors (Lipinski definition) is 8. The van der Waals surface area contributed by atoms with Gasteiger partial charge in [-0.1, -0.05) is 30.3 Å². The molecule has 3 aromatic carbocycles. The molecule has 2 atom stereocenters. The van der Waals surface area contributed by atoms with Gasteiger partial charge in [0.05, 0.1) is 49.5 Å². The van der Waals surface area contributed by atoms with Crippen molar-refractivity contribution in [3.05, 3.63) is 93.5 Å². The molecule has 2 aliphatic heterocycles. The number of methoxy groups -OCH3 is 1. The fourth-order valence-corrected chi connectivity index (χ4v) is 5.61. The number of fused-ring (bicyclic) bond motifs is 1. The van der Waals surface area contributed by atoms with Gasteiger partial charge in [-0.15, -0.1) is 0 Å². The normalized spacial score (nSPS) is 18.7. The highest BCUT2D eigenvalue weighted by molar-refractivity contribution is 6.05. The Kier molecular flexibility index (Phi) is 8.99. The molecule has 1 fully saturated rings. The summed E-state index contributed by atoms with van der Waals surface area (Å²) in [5.41, 5.74) is 1.81. The van der Waals surface area contributed by atoms with E-state index in [1.807, 2.05) is 31.2 Å². The summed E-state index contributed by atoms with van der Waals surface area (Å²) in [6.45, 7) is 6.24. The van der Waals surface area contributed by atoms with E-state index in [0.29, 0.717) is 49.8 Å². The third kappa shape index (κ3) is 6.07. The minimum atomic E-state index is -0.814. The lowest BCUT2D eigenvalue weighted by atomic mass is 9.79. The third-order valence-electron chi connectivity index (χ3n) is 7.67. The van der Waals surface area contributed by atoms with E-state index in [0.717, 1.165) is 18.7 Å². The lowest BCUT2D eigenvalue weighted by Gasteiger charge is -2.43. The summed E-state index contributed by atoms with van der Waals surface area (Å²) in [6, 6.07) is 18.0. The summed E-state index contributed by atoms with van der Waals surface area (Å²) in [7, 11) is 1.43. The van der Waals surface area contributed by atoms with Gasteiger partial charge in [0.15, 0.2) is 0 Å². The van der Waals surface area contributed by atoms with E-state index >= 15 is 0 Å². The zero-order valence-electron chi connectivity index (χ0n) is 23.7. The summed E-state index contributed by atoms with van der Waals surface area (Å²) in [5, 5.41) is 14.4. The van der Waals surface area contributed by atoms with E-state index in [1.54, 1.807) is 29.2 Å². The van der Waals surface area contributed by atoms with Crippen molar-refractivity contribution in [2.24, 2.45) is 0 Å². The molecule has 1 saturated heterocycles. The van der Waals surface area contributed by atoms with Crippen LogP contribution in [0.25, 0.3) is 0 Å². The Bertz CT molecular complexity index is 1440. The van der Waals surface area contributed by atoms with Gasteiger partial charge < -0.3 is 24.4 Å². The van der Waals surface area contributed by atoms with Crippen LogP contribution in [0, 0.1) is 10.1 Å². The van der Waals surface area contributed by atoms with E-state index in [2.05, 4.69) is 10.2 Å². The summed E-state index contributed by atoms with van der Waals surface area (Å²) in [4.78, 5) is 43.3. The Morgan fingerprint density at radius 1 is 1.07 bits per heavy atom. The minimum absolute atomic E-state index is 0.158. The van der Waals surface area contributed by atoms with Gasteiger partial charge in [-0.25, -0.2) is 0 Å². The second kappa shape index (κ2) is 13.0. The molecule has 2 amide bonds. The van der Waals surface area contributed by atoms with Gasteiger partial charge in [0.1, 0.15) is 11.5 Å². The average molecular weight is 575 g/mol. The Morgan fingerprint density at radius 2 is 1.81 bits per heavy atom. The van der Waals surface area contributed by atoms with Crippen molar-refractivity contribution >= 4 is 23.2 Å². The maximum atomic E-state index is 14.3.